The van der Waals surface area contributed by atoms with E-state index in [1.54, 1.807) is 36.4 Å². The first-order valence-corrected chi connectivity index (χ1v) is 10.2. The van der Waals surface area contributed by atoms with Crippen LogP contribution in [0.2, 0.25) is 5.02 Å². The van der Waals surface area contributed by atoms with Gasteiger partial charge in [-0.2, -0.15) is 0 Å². The minimum absolute atomic E-state index is 0.0234. The van der Waals surface area contributed by atoms with Gasteiger partial charge in [0, 0.05) is 23.3 Å². The van der Waals surface area contributed by atoms with Crippen LogP contribution in [0.1, 0.15) is 32.1 Å². The van der Waals surface area contributed by atoms with Crippen LogP contribution in [0, 0.1) is 11.8 Å². The number of halogens is 1. The maximum absolute atomic E-state index is 10.4. The Kier molecular flexibility index (Phi) is 9.67. The van der Waals surface area contributed by atoms with Crippen molar-refractivity contribution in [3.8, 4) is 5.75 Å². The normalized spacial score (nSPS) is 25.7. The van der Waals surface area contributed by atoms with Crippen LogP contribution in [-0.2, 0) is 4.79 Å². The van der Waals surface area contributed by atoms with Crippen LogP contribution in [0.15, 0.2) is 48.6 Å². The van der Waals surface area contributed by atoms with Gasteiger partial charge in [0.15, 0.2) is 0 Å². The molecular formula is C22H28ClO6-. The molecule has 2 rings (SSSR count). The van der Waals surface area contributed by atoms with Crippen LogP contribution in [0.25, 0.3) is 0 Å². The van der Waals surface area contributed by atoms with Gasteiger partial charge in [-0.25, -0.2) is 0 Å². The summed E-state index contributed by atoms with van der Waals surface area (Å²) in [4.78, 5) is 10.4. The second kappa shape index (κ2) is 12.0. The van der Waals surface area contributed by atoms with E-state index in [0.717, 1.165) is 0 Å². The molecule has 0 heterocycles. The number of aliphatic hydroxyl groups is 3. The molecule has 0 spiro atoms. The Morgan fingerprint density at radius 2 is 2.10 bits per heavy atom. The van der Waals surface area contributed by atoms with Gasteiger partial charge in [-0.05, 0) is 49.8 Å². The maximum atomic E-state index is 10.4. The number of carboxylic acids is 1. The van der Waals surface area contributed by atoms with Gasteiger partial charge in [0.1, 0.15) is 18.5 Å². The number of hydrogen-bond acceptors (Lipinski definition) is 6. The summed E-state index contributed by atoms with van der Waals surface area (Å²) < 4.78 is 5.50. The molecule has 1 aliphatic rings. The van der Waals surface area contributed by atoms with E-state index in [1.807, 2.05) is 12.2 Å². The molecule has 0 radical (unpaired) electrons. The smallest absolute Gasteiger partial charge is 0.120 e. The van der Waals surface area contributed by atoms with Crippen molar-refractivity contribution in [2.75, 3.05) is 6.61 Å². The molecule has 0 amide bonds. The van der Waals surface area contributed by atoms with Crippen LogP contribution in [0.4, 0.5) is 0 Å². The van der Waals surface area contributed by atoms with Crippen LogP contribution < -0.4 is 9.84 Å². The van der Waals surface area contributed by atoms with Crippen molar-refractivity contribution in [3.05, 3.63) is 53.6 Å². The first kappa shape index (κ1) is 23.4. The van der Waals surface area contributed by atoms with Gasteiger partial charge in [0.05, 0.1) is 12.2 Å². The standard InChI is InChI=1S/C22H29ClO6/c23-15-6-5-7-17(12-15)29-14-16(24)10-11-19-18(20(25)13-21(19)26)8-3-1-2-4-9-22(27)28/h1,3,5-7,10-12,16,18-21,24-26H,2,4,8-9,13-14H2,(H,27,28)/p-1/b3-1-,11-10+/t16-,18-,19-,20+,21-/m0/s1. The summed E-state index contributed by atoms with van der Waals surface area (Å²) >= 11 is 5.89. The van der Waals surface area contributed by atoms with Gasteiger partial charge in [0.25, 0.3) is 0 Å². The average molecular weight is 424 g/mol. The molecular weight excluding hydrogens is 396 g/mol. The van der Waals surface area contributed by atoms with E-state index < -0.39 is 24.3 Å². The largest absolute Gasteiger partial charge is 0.550 e. The number of benzene rings is 1. The molecule has 29 heavy (non-hydrogen) atoms. The zero-order chi connectivity index (χ0) is 21.2. The number of allylic oxidation sites excluding steroid dienone is 2. The van der Waals surface area contributed by atoms with Crippen molar-refractivity contribution >= 4 is 17.6 Å². The summed E-state index contributed by atoms with van der Waals surface area (Å²) in [6.07, 6.45) is 6.93. The molecule has 0 bridgehead atoms. The summed E-state index contributed by atoms with van der Waals surface area (Å²) in [5.74, 6) is -0.947. The fourth-order valence-corrected chi connectivity index (χ4v) is 3.67. The summed E-state index contributed by atoms with van der Waals surface area (Å²) in [5.41, 5.74) is 0. The van der Waals surface area contributed by atoms with Gasteiger partial charge >= 0.3 is 0 Å². The van der Waals surface area contributed by atoms with Gasteiger partial charge in [-0.15, -0.1) is 0 Å². The first-order valence-electron chi connectivity index (χ1n) is 9.82. The van der Waals surface area contributed by atoms with E-state index in [4.69, 9.17) is 16.3 Å². The van der Waals surface area contributed by atoms with Crippen LogP contribution in [0.5, 0.6) is 5.75 Å². The SMILES string of the molecule is O=C([O-])CCC/C=C\C[C@H]1[C@H](/C=C/[C@H](O)COc2cccc(Cl)c2)[C@@H](O)C[C@H]1O. The summed E-state index contributed by atoms with van der Waals surface area (Å²) in [5, 5.41) is 41.6. The van der Waals surface area contributed by atoms with Crippen LogP contribution in [0.3, 0.4) is 0 Å². The lowest BCUT2D eigenvalue weighted by atomic mass is 9.89. The fourth-order valence-electron chi connectivity index (χ4n) is 3.49. The van der Waals surface area contributed by atoms with E-state index in [-0.39, 0.29) is 31.3 Å². The zero-order valence-corrected chi connectivity index (χ0v) is 16.9. The van der Waals surface area contributed by atoms with Gasteiger partial charge in [-0.3, -0.25) is 0 Å². The number of aliphatic hydroxyl groups excluding tert-OH is 3. The minimum Gasteiger partial charge on any atom is -0.550 e. The topological polar surface area (TPSA) is 110 Å². The number of carboxylic acid groups (broad SMARTS) is 1. The highest BCUT2D eigenvalue weighted by atomic mass is 35.5. The highest BCUT2D eigenvalue weighted by Gasteiger charge is 2.39. The molecule has 0 aromatic heterocycles. The lowest BCUT2D eigenvalue weighted by Gasteiger charge is -2.19. The molecule has 0 aliphatic heterocycles. The molecule has 1 saturated carbocycles. The molecule has 1 fully saturated rings. The highest BCUT2D eigenvalue weighted by Crippen LogP contribution is 2.36. The van der Waals surface area contributed by atoms with Crippen molar-refractivity contribution in [3.63, 3.8) is 0 Å². The molecule has 5 atom stereocenters. The van der Waals surface area contributed by atoms with Crippen molar-refractivity contribution in [2.24, 2.45) is 11.8 Å². The van der Waals surface area contributed by atoms with Gasteiger partial charge in [-0.1, -0.05) is 42.0 Å². The number of aliphatic carboxylic acids is 1. The summed E-state index contributed by atoms with van der Waals surface area (Å²) in [6, 6.07) is 6.89. The van der Waals surface area contributed by atoms with E-state index in [9.17, 15) is 25.2 Å². The quantitative estimate of drug-likeness (QED) is 0.370. The Labute approximate surface area is 176 Å². The third-order valence-corrected chi connectivity index (χ3v) is 5.25. The first-order chi connectivity index (χ1) is 13.9. The molecule has 1 aromatic carbocycles. The lowest BCUT2D eigenvalue weighted by Crippen LogP contribution is -2.21. The number of carbonyl (C=O) groups excluding carboxylic acids is 1. The third kappa shape index (κ3) is 8.19. The molecule has 0 unspecified atom stereocenters. The van der Waals surface area contributed by atoms with Crippen molar-refractivity contribution in [1.82, 2.24) is 0 Å². The monoisotopic (exact) mass is 423 g/mol. The van der Waals surface area contributed by atoms with Crippen LogP contribution >= 0.6 is 11.6 Å². The van der Waals surface area contributed by atoms with E-state index >= 15 is 0 Å². The number of ether oxygens (including phenoxy) is 1. The van der Waals surface area contributed by atoms with E-state index in [2.05, 4.69) is 0 Å². The second-order valence-corrected chi connectivity index (χ2v) is 7.74. The van der Waals surface area contributed by atoms with E-state index in [1.165, 1.54) is 0 Å². The van der Waals surface area contributed by atoms with Gasteiger partial charge < -0.3 is 30.0 Å². The predicted molar refractivity (Wildman–Crippen MR) is 108 cm³/mol. The summed E-state index contributed by atoms with van der Waals surface area (Å²) in [6.45, 7) is 0.0468. The Hall–Kier alpha value is -1.86. The van der Waals surface area contributed by atoms with E-state index in [0.29, 0.717) is 30.0 Å². The molecule has 0 saturated heterocycles. The van der Waals surface area contributed by atoms with Gasteiger partial charge in [0.2, 0.25) is 0 Å². The molecule has 1 aromatic rings. The third-order valence-electron chi connectivity index (χ3n) is 5.01. The number of unbranched alkanes of at least 4 members (excludes halogenated alkanes) is 1. The fraction of sp³-hybridized carbons (Fsp3) is 0.500. The van der Waals surface area contributed by atoms with Crippen molar-refractivity contribution in [2.45, 2.75) is 50.4 Å². The highest BCUT2D eigenvalue weighted by molar-refractivity contribution is 6.30. The Morgan fingerprint density at radius 1 is 1.31 bits per heavy atom. The number of rotatable bonds is 11. The van der Waals surface area contributed by atoms with Crippen LogP contribution in [-0.4, -0.2) is 46.2 Å². The minimum atomic E-state index is -1.06. The molecule has 1 aliphatic carbocycles. The Bertz CT molecular complexity index is 704. The summed E-state index contributed by atoms with van der Waals surface area (Å²) in [7, 11) is 0. The second-order valence-electron chi connectivity index (χ2n) is 7.30. The number of carbonyl (C=O) groups is 1. The zero-order valence-electron chi connectivity index (χ0n) is 16.2. The Morgan fingerprint density at radius 3 is 2.83 bits per heavy atom. The van der Waals surface area contributed by atoms with Crippen molar-refractivity contribution < 1.29 is 30.0 Å². The molecule has 160 valence electrons. The molecule has 7 heteroatoms. The molecule has 6 nitrogen and oxygen atoms in total. The Balaban J connectivity index is 1.83. The molecule has 3 N–H and O–H groups in total. The number of hydrogen-bond donors (Lipinski definition) is 3. The van der Waals surface area contributed by atoms with Crippen molar-refractivity contribution in [1.29, 1.82) is 0 Å². The lowest BCUT2D eigenvalue weighted by molar-refractivity contribution is -0.305. The predicted octanol–water partition coefficient (Wildman–Crippen LogP) is 1.86. The average Bonchev–Trinajstić information content (AvgIpc) is 2.93. The maximum Gasteiger partial charge on any atom is 0.120 e.